The lowest BCUT2D eigenvalue weighted by atomic mass is 10.2. The zero-order chi connectivity index (χ0) is 11.1. The predicted molar refractivity (Wildman–Crippen MR) is 59.0 cm³/mol. The van der Waals surface area contributed by atoms with E-state index in [1.165, 1.54) is 0 Å². The fourth-order valence-electron chi connectivity index (χ4n) is 1.28. The number of carbonyl (C=O) groups is 1. The number of carbonyl (C=O) groups excluding carboxylic acids is 1. The molecule has 3 N–H and O–H groups in total. The minimum Gasteiger partial charge on any atom is -0.353 e. The Morgan fingerprint density at radius 2 is 2.00 bits per heavy atom. The zero-order valence-corrected chi connectivity index (χ0v) is 9.71. The van der Waals surface area contributed by atoms with Gasteiger partial charge in [-0.2, -0.15) is 0 Å². The second kappa shape index (κ2) is 6.79. The molecule has 4 heteroatoms. The molecular formula is C10H23N3O. The fraction of sp³-hybridized carbons (Fsp3) is 0.900. The SMILES string of the molecule is CC(CN)CN(C)CC(=O)NC(C)C. The predicted octanol–water partition coefficient (Wildman–Crippen LogP) is 0.0376. The summed E-state index contributed by atoms with van der Waals surface area (Å²) in [6.45, 7) is 7.97. The Hall–Kier alpha value is -0.610. The summed E-state index contributed by atoms with van der Waals surface area (Å²) in [6, 6.07) is 0.211. The molecule has 0 aliphatic carbocycles. The summed E-state index contributed by atoms with van der Waals surface area (Å²) in [7, 11) is 1.94. The van der Waals surface area contributed by atoms with Crippen LogP contribution in [0.4, 0.5) is 0 Å². The van der Waals surface area contributed by atoms with E-state index in [2.05, 4.69) is 12.2 Å². The lowest BCUT2D eigenvalue weighted by Gasteiger charge is -2.20. The third kappa shape index (κ3) is 6.86. The molecule has 0 saturated carbocycles. The maximum Gasteiger partial charge on any atom is 0.234 e. The first-order valence-corrected chi connectivity index (χ1v) is 5.13. The molecule has 4 nitrogen and oxygen atoms in total. The van der Waals surface area contributed by atoms with Crippen molar-refractivity contribution in [2.24, 2.45) is 11.7 Å². The topological polar surface area (TPSA) is 58.4 Å². The lowest BCUT2D eigenvalue weighted by molar-refractivity contribution is -0.122. The molecule has 0 aromatic carbocycles. The summed E-state index contributed by atoms with van der Waals surface area (Å²) in [5, 5.41) is 2.85. The van der Waals surface area contributed by atoms with Gasteiger partial charge >= 0.3 is 0 Å². The van der Waals surface area contributed by atoms with E-state index in [-0.39, 0.29) is 11.9 Å². The van der Waals surface area contributed by atoms with Crippen molar-refractivity contribution in [3.05, 3.63) is 0 Å². The highest BCUT2D eigenvalue weighted by Gasteiger charge is 2.09. The molecule has 84 valence electrons. The smallest absolute Gasteiger partial charge is 0.234 e. The first-order valence-electron chi connectivity index (χ1n) is 5.13. The van der Waals surface area contributed by atoms with Crippen LogP contribution in [0.1, 0.15) is 20.8 Å². The fourth-order valence-corrected chi connectivity index (χ4v) is 1.28. The minimum absolute atomic E-state index is 0.0757. The third-order valence-electron chi connectivity index (χ3n) is 1.89. The summed E-state index contributed by atoms with van der Waals surface area (Å²) >= 11 is 0. The first kappa shape index (κ1) is 13.4. The van der Waals surface area contributed by atoms with Crippen LogP contribution in [-0.4, -0.2) is 43.5 Å². The van der Waals surface area contributed by atoms with Crippen molar-refractivity contribution >= 4 is 5.91 Å². The van der Waals surface area contributed by atoms with Crippen molar-refractivity contribution in [2.75, 3.05) is 26.7 Å². The molecule has 0 bridgehead atoms. The van der Waals surface area contributed by atoms with Gasteiger partial charge < -0.3 is 11.1 Å². The summed E-state index contributed by atoms with van der Waals surface area (Å²) < 4.78 is 0. The van der Waals surface area contributed by atoms with Gasteiger partial charge in [0, 0.05) is 12.6 Å². The molecule has 0 aliphatic rings. The van der Waals surface area contributed by atoms with Gasteiger partial charge in [0.1, 0.15) is 0 Å². The Labute approximate surface area is 86.8 Å². The molecule has 0 aromatic rings. The quantitative estimate of drug-likeness (QED) is 0.638. The minimum atomic E-state index is 0.0757. The second-order valence-electron chi connectivity index (χ2n) is 4.26. The normalized spacial score (nSPS) is 13.4. The van der Waals surface area contributed by atoms with Gasteiger partial charge in [0.15, 0.2) is 0 Å². The molecule has 0 rings (SSSR count). The summed E-state index contributed by atoms with van der Waals surface area (Å²) in [5.74, 6) is 0.513. The van der Waals surface area contributed by atoms with Gasteiger partial charge in [0.2, 0.25) is 5.91 Å². The molecule has 0 fully saturated rings. The zero-order valence-electron chi connectivity index (χ0n) is 9.71. The second-order valence-corrected chi connectivity index (χ2v) is 4.26. The lowest BCUT2D eigenvalue weighted by Crippen LogP contribution is -2.40. The van der Waals surface area contributed by atoms with Crippen LogP contribution in [0, 0.1) is 5.92 Å². The number of nitrogens with two attached hydrogens (primary N) is 1. The first-order chi connectivity index (χ1) is 6.45. The standard InChI is InChI=1S/C10H23N3O/c1-8(2)12-10(14)7-13(4)6-9(3)5-11/h8-9H,5-7,11H2,1-4H3,(H,12,14). The molecule has 1 amide bonds. The van der Waals surface area contributed by atoms with Gasteiger partial charge in [-0.25, -0.2) is 0 Å². The van der Waals surface area contributed by atoms with Crippen LogP contribution in [0.2, 0.25) is 0 Å². The van der Waals surface area contributed by atoms with E-state index in [9.17, 15) is 4.79 Å². The highest BCUT2D eigenvalue weighted by atomic mass is 16.2. The maximum atomic E-state index is 11.3. The highest BCUT2D eigenvalue weighted by molar-refractivity contribution is 5.78. The average molecular weight is 201 g/mol. The van der Waals surface area contributed by atoms with Crippen molar-refractivity contribution in [3.8, 4) is 0 Å². The van der Waals surface area contributed by atoms with Gasteiger partial charge in [0.05, 0.1) is 6.54 Å². The molecule has 1 unspecified atom stereocenters. The van der Waals surface area contributed by atoms with Crippen molar-refractivity contribution in [2.45, 2.75) is 26.8 Å². The van der Waals surface area contributed by atoms with Gasteiger partial charge in [0.25, 0.3) is 0 Å². The maximum absolute atomic E-state index is 11.3. The van der Waals surface area contributed by atoms with E-state index < -0.39 is 0 Å². The number of nitrogens with one attached hydrogen (secondary N) is 1. The Kier molecular flexibility index (Phi) is 6.49. The number of rotatable bonds is 6. The number of hydrogen-bond acceptors (Lipinski definition) is 3. The van der Waals surface area contributed by atoms with Gasteiger partial charge in [-0.1, -0.05) is 6.92 Å². The summed E-state index contributed by atoms with van der Waals surface area (Å²) in [5.41, 5.74) is 5.50. The Morgan fingerprint density at radius 1 is 1.43 bits per heavy atom. The highest BCUT2D eigenvalue weighted by Crippen LogP contribution is 1.94. The van der Waals surface area contributed by atoms with E-state index in [0.29, 0.717) is 19.0 Å². The molecule has 0 spiro atoms. The average Bonchev–Trinajstić information content (AvgIpc) is 2.01. The molecule has 0 aromatic heterocycles. The van der Waals surface area contributed by atoms with E-state index >= 15 is 0 Å². The Bertz CT molecular complexity index is 171. The van der Waals surface area contributed by atoms with Gasteiger partial charge in [-0.05, 0) is 33.4 Å². The van der Waals surface area contributed by atoms with E-state index in [0.717, 1.165) is 6.54 Å². The summed E-state index contributed by atoms with van der Waals surface area (Å²) in [6.07, 6.45) is 0. The number of amides is 1. The van der Waals surface area contributed by atoms with Crippen molar-refractivity contribution < 1.29 is 4.79 Å². The van der Waals surface area contributed by atoms with Crippen molar-refractivity contribution in [1.82, 2.24) is 10.2 Å². The van der Waals surface area contributed by atoms with Gasteiger partial charge in [-0.3, -0.25) is 9.69 Å². The molecule has 0 radical (unpaired) electrons. The van der Waals surface area contributed by atoms with Crippen LogP contribution in [-0.2, 0) is 4.79 Å². The number of likely N-dealkylation sites (N-methyl/N-ethyl adjacent to an activating group) is 1. The van der Waals surface area contributed by atoms with E-state index in [1.54, 1.807) is 0 Å². The van der Waals surface area contributed by atoms with Crippen LogP contribution in [0.25, 0.3) is 0 Å². The third-order valence-corrected chi connectivity index (χ3v) is 1.89. The Morgan fingerprint density at radius 3 is 2.43 bits per heavy atom. The van der Waals surface area contributed by atoms with E-state index in [4.69, 9.17) is 5.73 Å². The largest absolute Gasteiger partial charge is 0.353 e. The molecule has 0 aliphatic heterocycles. The van der Waals surface area contributed by atoms with Crippen LogP contribution in [0.3, 0.4) is 0 Å². The van der Waals surface area contributed by atoms with Crippen LogP contribution in [0.15, 0.2) is 0 Å². The van der Waals surface area contributed by atoms with Crippen LogP contribution >= 0.6 is 0 Å². The summed E-state index contributed by atoms with van der Waals surface area (Å²) in [4.78, 5) is 13.3. The number of nitrogens with zero attached hydrogens (tertiary/aromatic N) is 1. The van der Waals surface area contributed by atoms with Crippen LogP contribution in [0.5, 0.6) is 0 Å². The van der Waals surface area contributed by atoms with Crippen molar-refractivity contribution in [3.63, 3.8) is 0 Å². The van der Waals surface area contributed by atoms with Gasteiger partial charge in [-0.15, -0.1) is 0 Å². The van der Waals surface area contributed by atoms with E-state index in [1.807, 2.05) is 25.8 Å². The monoisotopic (exact) mass is 201 g/mol. The molecule has 1 atom stereocenters. The molecule has 0 saturated heterocycles. The van der Waals surface area contributed by atoms with Crippen molar-refractivity contribution in [1.29, 1.82) is 0 Å². The Balaban J connectivity index is 3.71. The molecule has 0 heterocycles. The number of hydrogen-bond donors (Lipinski definition) is 2. The van der Waals surface area contributed by atoms with Crippen LogP contribution < -0.4 is 11.1 Å². The molecular weight excluding hydrogens is 178 g/mol. The molecule has 14 heavy (non-hydrogen) atoms.